The topological polar surface area (TPSA) is 103 Å². The molecule has 5 rings (SSSR count). The van der Waals surface area contributed by atoms with E-state index in [-0.39, 0.29) is 18.5 Å². The number of benzene rings is 2. The number of anilines is 1. The molecule has 0 fully saturated rings. The maximum absolute atomic E-state index is 14.0. The van der Waals surface area contributed by atoms with E-state index in [1.54, 1.807) is 40.0 Å². The van der Waals surface area contributed by atoms with E-state index in [0.29, 0.717) is 33.7 Å². The number of carbonyl (C=O) groups excluding carboxylic acids is 2. The number of ether oxygens (including phenoxy) is 1. The van der Waals surface area contributed by atoms with E-state index in [1.165, 1.54) is 0 Å². The van der Waals surface area contributed by atoms with Crippen molar-refractivity contribution >= 4 is 28.5 Å². The molecule has 0 saturated heterocycles. The monoisotopic (exact) mass is 441 g/mol. The van der Waals surface area contributed by atoms with Crippen LogP contribution in [0.5, 0.6) is 5.75 Å². The zero-order valence-corrected chi connectivity index (χ0v) is 18.3. The van der Waals surface area contributed by atoms with Crippen molar-refractivity contribution in [2.75, 3.05) is 11.4 Å². The molecule has 0 bridgehead atoms. The average molecular weight is 441 g/mol. The third kappa shape index (κ3) is 3.59. The molecule has 8 heteroatoms. The van der Waals surface area contributed by atoms with Gasteiger partial charge >= 0.3 is 0 Å². The predicted octanol–water partition coefficient (Wildman–Crippen LogP) is 3.57. The van der Waals surface area contributed by atoms with Crippen LogP contribution in [0.1, 0.15) is 30.2 Å². The van der Waals surface area contributed by atoms with Crippen LogP contribution in [0.4, 0.5) is 5.69 Å². The van der Waals surface area contributed by atoms with Crippen molar-refractivity contribution in [2.24, 2.45) is 5.73 Å². The Kier molecular flexibility index (Phi) is 5.05. The number of fused-ring (bicyclic) bond motifs is 2. The van der Waals surface area contributed by atoms with Crippen molar-refractivity contribution < 1.29 is 14.3 Å². The Labute approximate surface area is 190 Å². The van der Waals surface area contributed by atoms with Crippen LogP contribution in [0.3, 0.4) is 0 Å². The number of nitrogens with two attached hydrogens (primary N) is 1. The minimum absolute atomic E-state index is 0.0218. The smallest absolute Gasteiger partial charge is 0.260 e. The SMILES string of the molecule is CC(C)n1ncc2c(C(=O)N3C[C@H](C(N)=O)Oc4ccccc43)cc(-c3ccccc3)nc21. The Bertz CT molecular complexity index is 1360. The van der Waals surface area contributed by atoms with E-state index >= 15 is 0 Å². The van der Waals surface area contributed by atoms with Crippen LogP contribution in [0.2, 0.25) is 0 Å². The van der Waals surface area contributed by atoms with Gasteiger partial charge in [-0.25, -0.2) is 9.67 Å². The van der Waals surface area contributed by atoms with Gasteiger partial charge in [0, 0.05) is 11.6 Å². The second-order valence-corrected chi connectivity index (χ2v) is 8.23. The van der Waals surface area contributed by atoms with Crippen molar-refractivity contribution in [2.45, 2.75) is 26.0 Å². The second kappa shape index (κ2) is 8.05. The number of pyridine rings is 1. The number of hydrogen-bond acceptors (Lipinski definition) is 5. The third-order valence-corrected chi connectivity index (χ3v) is 5.69. The molecular formula is C25H23N5O3. The first kappa shape index (κ1) is 20.7. The fourth-order valence-electron chi connectivity index (χ4n) is 4.05. The Morgan fingerprint density at radius 2 is 1.82 bits per heavy atom. The lowest BCUT2D eigenvalue weighted by atomic mass is 10.0. The van der Waals surface area contributed by atoms with Gasteiger partial charge in [0.15, 0.2) is 11.8 Å². The van der Waals surface area contributed by atoms with Crippen molar-refractivity contribution in [3.63, 3.8) is 0 Å². The summed E-state index contributed by atoms with van der Waals surface area (Å²) in [6, 6.07) is 18.7. The summed E-state index contributed by atoms with van der Waals surface area (Å²) in [5.41, 5.74) is 8.75. The first-order valence-corrected chi connectivity index (χ1v) is 10.7. The molecule has 1 aliphatic heterocycles. The number of primary amides is 1. The zero-order valence-electron chi connectivity index (χ0n) is 18.3. The number of para-hydroxylation sites is 2. The van der Waals surface area contributed by atoms with E-state index in [4.69, 9.17) is 15.5 Å². The van der Waals surface area contributed by atoms with Gasteiger partial charge in [0.25, 0.3) is 11.8 Å². The van der Waals surface area contributed by atoms with E-state index < -0.39 is 12.0 Å². The largest absolute Gasteiger partial charge is 0.477 e. The van der Waals surface area contributed by atoms with E-state index in [0.717, 1.165) is 5.56 Å². The quantitative estimate of drug-likeness (QED) is 0.521. The van der Waals surface area contributed by atoms with Crippen LogP contribution in [-0.4, -0.2) is 39.2 Å². The highest BCUT2D eigenvalue weighted by molar-refractivity contribution is 6.14. The standard InChI is InChI=1S/C25H23N5O3/c1-15(2)30-24-18(13-27-30)17(12-19(28-24)16-8-4-3-5-9-16)25(32)29-14-22(23(26)31)33-21-11-7-6-10-20(21)29/h3-13,15,22H,14H2,1-2H3,(H2,26,31)/t22-/m1/s1. The van der Waals surface area contributed by atoms with Gasteiger partial charge in [-0.3, -0.25) is 9.59 Å². The average Bonchev–Trinajstić information content (AvgIpc) is 3.27. The molecule has 8 nitrogen and oxygen atoms in total. The van der Waals surface area contributed by atoms with Gasteiger partial charge in [0.1, 0.15) is 5.75 Å². The molecule has 3 heterocycles. The summed E-state index contributed by atoms with van der Waals surface area (Å²) in [5, 5.41) is 5.14. The highest BCUT2D eigenvalue weighted by Gasteiger charge is 2.34. The summed E-state index contributed by atoms with van der Waals surface area (Å²) in [7, 11) is 0. The minimum Gasteiger partial charge on any atom is -0.477 e. The van der Waals surface area contributed by atoms with Crippen LogP contribution in [0, 0.1) is 0 Å². The minimum atomic E-state index is -0.937. The highest BCUT2D eigenvalue weighted by Crippen LogP contribution is 2.35. The van der Waals surface area contributed by atoms with Crippen LogP contribution in [0.15, 0.2) is 66.9 Å². The highest BCUT2D eigenvalue weighted by atomic mass is 16.5. The summed E-state index contributed by atoms with van der Waals surface area (Å²) in [6.45, 7) is 4.05. The van der Waals surface area contributed by atoms with Gasteiger partial charge in [-0.15, -0.1) is 0 Å². The van der Waals surface area contributed by atoms with Gasteiger partial charge in [-0.1, -0.05) is 42.5 Å². The van der Waals surface area contributed by atoms with Gasteiger partial charge in [0.05, 0.1) is 35.1 Å². The molecule has 4 aromatic rings. The maximum atomic E-state index is 14.0. The van der Waals surface area contributed by atoms with Crippen molar-refractivity contribution in [3.05, 3.63) is 72.4 Å². The number of aromatic nitrogens is 3. The number of rotatable bonds is 4. The Morgan fingerprint density at radius 1 is 1.09 bits per heavy atom. The second-order valence-electron chi connectivity index (χ2n) is 8.23. The van der Waals surface area contributed by atoms with Crippen LogP contribution < -0.4 is 15.4 Å². The van der Waals surface area contributed by atoms with Crippen LogP contribution >= 0.6 is 0 Å². The zero-order chi connectivity index (χ0) is 23.1. The first-order chi connectivity index (χ1) is 15.9. The molecule has 2 amide bonds. The molecule has 2 aromatic heterocycles. The first-order valence-electron chi connectivity index (χ1n) is 10.7. The summed E-state index contributed by atoms with van der Waals surface area (Å²) >= 11 is 0. The Morgan fingerprint density at radius 3 is 2.55 bits per heavy atom. The molecule has 0 saturated carbocycles. The molecule has 0 radical (unpaired) electrons. The van der Waals surface area contributed by atoms with Crippen LogP contribution in [0.25, 0.3) is 22.3 Å². The van der Waals surface area contributed by atoms with Crippen molar-refractivity contribution in [3.8, 4) is 17.0 Å². The van der Waals surface area contributed by atoms with Gasteiger partial charge < -0.3 is 15.4 Å². The lowest BCUT2D eigenvalue weighted by Crippen LogP contribution is -2.49. The molecule has 0 unspecified atom stereocenters. The summed E-state index contributed by atoms with van der Waals surface area (Å²) in [5.74, 6) is -0.461. The fraction of sp³-hybridized carbons (Fsp3) is 0.200. The lowest BCUT2D eigenvalue weighted by molar-refractivity contribution is -0.124. The van der Waals surface area contributed by atoms with E-state index in [1.807, 2.05) is 50.2 Å². The van der Waals surface area contributed by atoms with E-state index in [9.17, 15) is 9.59 Å². The summed E-state index contributed by atoms with van der Waals surface area (Å²) in [4.78, 5) is 32.3. The van der Waals surface area contributed by atoms with Crippen molar-refractivity contribution in [1.82, 2.24) is 14.8 Å². The number of hydrogen-bond donors (Lipinski definition) is 1. The molecule has 2 N–H and O–H groups in total. The third-order valence-electron chi connectivity index (χ3n) is 5.69. The van der Waals surface area contributed by atoms with Crippen molar-refractivity contribution in [1.29, 1.82) is 0 Å². The Hall–Kier alpha value is -4.20. The van der Waals surface area contributed by atoms with Gasteiger partial charge in [0.2, 0.25) is 0 Å². The Balaban J connectivity index is 1.69. The molecule has 0 spiro atoms. The van der Waals surface area contributed by atoms with Gasteiger partial charge in [-0.2, -0.15) is 5.10 Å². The number of carbonyl (C=O) groups is 2. The molecule has 166 valence electrons. The molecule has 1 atom stereocenters. The van der Waals surface area contributed by atoms with Gasteiger partial charge in [-0.05, 0) is 32.0 Å². The normalized spacial score (nSPS) is 15.4. The predicted molar refractivity (Wildman–Crippen MR) is 125 cm³/mol. The molecule has 0 aliphatic carbocycles. The number of amides is 2. The van der Waals surface area contributed by atoms with Crippen LogP contribution in [-0.2, 0) is 4.79 Å². The summed E-state index contributed by atoms with van der Waals surface area (Å²) in [6.07, 6.45) is 0.732. The maximum Gasteiger partial charge on any atom is 0.260 e. The molecule has 33 heavy (non-hydrogen) atoms. The summed E-state index contributed by atoms with van der Waals surface area (Å²) < 4.78 is 7.53. The molecule has 1 aliphatic rings. The van der Waals surface area contributed by atoms with E-state index in [2.05, 4.69) is 5.10 Å². The number of nitrogens with zero attached hydrogens (tertiary/aromatic N) is 4. The molecule has 2 aromatic carbocycles. The lowest BCUT2D eigenvalue weighted by Gasteiger charge is -2.33. The molecular weight excluding hydrogens is 418 g/mol. The fourth-order valence-corrected chi connectivity index (χ4v) is 4.05.